The number of nitro benzene ring substituents is 1. The molecule has 9 nitrogen and oxygen atoms in total. The standard InChI is InChI=1S/C20H18N2O3.CH4O4S/c1-2-25-19-11-12-20-16(14-19)9-10-17(21-20)7-3-5-15-6-4-8-18(13-15)22(23)24;1-5-6(2,3)4/h3-6,8-14H,2,7H2,1H3;1H3,(H,2,3,4)/p-1/b5-3+;. The third-order valence-electron chi connectivity index (χ3n) is 3.95. The van der Waals surface area contributed by atoms with Crippen molar-refractivity contribution >= 4 is 33.1 Å². The van der Waals surface area contributed by atoms with Crippen LogP contribution in [0.5, 0.6) is 5.75 Å². The Balaban J connectivity index is 0.000000501. The summed E-state index contributed by atoms with van der Waals surface area (Å²) in [6.45, 7) is 2.60. The molecule has 0 aliphatic rings. The van der Waals surface area contributed by atoms with Crippen LogP contribution in [0.15, 0.2) is 60.7 Å². The minimum absolute atomic E-state index is 0.0936. The number of allylic oxidation sites excluding steroid dienone is 1. The molecule has 1 aromatic heterocycles. The molecule has 0 aliphatic carbocycles. The van der Waals surface area contributed by atoms with Crippen molar-refractivity contribution in [1.82, 2.24) is 4.98 Å². The second kappa shape index (κ2) is 11.2. The smallest absolute Gasteiger partial charge is 0.270 e. The maximum atomic E-state index is 10.8. The number of non-ortho nitro benzene ring substituents is 1. The molecular formula is C21H21N2O7S-. The second-order valence-corrected chi connectivity index (χ2v) is 7.27. The van der Waals surface area contributed by atoms with Gasteiger partial charge in [0.05, 0.1) is 24.2 Å². The first-order valence-corrected chi connectivity index (χ1v) is 10.5. The molecule has 0 fully saturated rings. The second-order valence-electron chi connectivity index (χ2n) is 6.12. The molecule has 0 saturated heterocycles. The molecule has 0 radical (unpaired) electrons. The molecule has 0 N–H and O–H groups in total. The van der Waals surface area contributed by atoms with Crippen LogP contribution in [-0.2, 0) is 21.0 Å². The average molecular weight is 445 g/mol. The van der Waals surface area contributed by atoms with Crippen LogP contribution in [-0.4, -0.2) is 36.6 Å². The van der Waals surface area contributed by atoms with Crippen LogP contribution in [0.2, 0.25) is 0 Å². The minimum Gasteiger partial charge on any atom is -0.726 e. The van der Waals surface area contributed by atoms with Crippen LogP contribution in [0.1, 0.15) is 18.2 Å². The fourth-order valence-corrected chi connectivity index (χ4v) is 2.57. The third-order valence-corrected chi connectivity index (χ3v) is 4.36. The summed E-state index contributed by atoms with van der Waals surface area (Å²) in [5.41, 5.74) is 2.76. The lowest BCUT2D eigenvalue weighted by molar-refractivity contribution is -0.384. The lowest BCUT2D eigenvalue weighted by Crippen LogP contribution is -1.97. The lowest BCUT2D eigenvalue weighted by atomic mass is 10.1. The fourth-order valence-electron chi connectivity index (χ4n) is 2.57. The Morgan fingerprint density at radius 2 is 1.87 bits per heavy atom. The molecule has 0 aliphatic heterocycles. The van der Waals surface area contributed by atoms with E-state index in [9.17, 15) is 23.1 Å². The number of hydrogen-bond acceptors (Lipinski definition) is 8. The van der Waals surface area contributed by atoms with Crippen molar-refractivity contribution in [1.29, 1.82) is 0 Å². The SMILES string of the molecule is CCOc1ccc2nc(C/C=C/c3cccc([N+](=O)[O-])c3)ccc2c1.COS(=O)(=O)[O-]. The summed E-state index contributed by atoms with van der Waals surface area (Å²) in [5, 5.41) is 11.8. The van der Waals surface area contributed by atoms with Crippen LogP contribution in [0.3, 0.4) is 0 Å². The van der Waals surface area contributed by atoms with Gasteiger partial charge in [-0.3, -0.25) is 19.3 Å². The Bertz CT molecular complexity index is 1180. The molecule has 0 spiro atoms. The zero-order valence-electron chi connectivity index (χ0n) is 16.9. The van der Waals surface area contributed by atoms with Crippen molar-refractivity contribution in [3.05, 3.63) is 82.0 Å². The highest BCUT2D eigenvalue weighted by atomic mass is 32.3. The Hall–Kier alpha value is -3.34. The van der Waals surface area contributed by atoms with Crippen LogP contribution < -0.4 is 4.74 Å². The molecule has 2 aromatic carbocycles. The molecule has 3 rings (SSSR count). The van der Waals surface area contributed by atoms with Gasteiger partial charge in [0.2, 0.25) is 10.4 Å². The highest BCUT2D eigenvalue weighted by Gasteiger charge is 2.04. The van der Waals surface area contributed by atoms with Gasteiger partial charge >= 0.3 is 0 Å². The minimum atomic E-state index is -4.41. The average Bonchev–Trinajstić information content (AvgIpc) is 2.74. The van der Waals surface area contributed by atoms with E-state index in [1.54, 1.807) is 12.1 Å². The van der Waals surface area contributed by atoms with Crippen molar-refractivity contribution in [2.75, 3.05) is 13.7 Å². The summed E-state index contributed by atoms with van der Waals surface area (Å²) in [4.78, 5) is 15.0. The van der Waals surface area contributed by atoms with E-state index in [1.807, 2.05) is 55.5 Å². The maximum absolute atomic E-state index is 10.8. The quantitative estimate of drug-likeness (QED) is 0.232. The predicted octanol–water partition coefficient (Wildman–Crippen LogP) is 3.89. The number of fused-ring (bicyclic) bond motifs is 1. The van der Waals surface area contributed by atoms with Gasteiger partial charge in [-0.25, -0.2) is 8.42 Å². The fraction of sp³-hybridized carbons (Fsp3) is 0.190. The first-order chi connectivity index (χ1) is 14.7. The molecule has 31 heavy (non-hydrogen) atoms. The Morgan fingerprint density at radius 3 is 2.52 bits per heavy atom. The first-order valence-electron chi connectivity index (χ1n) is 9.16. The molecule has 0 saturated carbocycles. The van der Waals surface area contributed by atoms with Crippen LogP contribution in [0.25, 0.3) is 17.0 Å². The normalized spacial score (nSPS) is 11.2. The third kappa shape index (κ3) is 8.13. The van der Waals surface area contributed by atoms with Gasteiger partial charge in [-0.05, 0) is 36.8 Å². The molecule has 164 valence electrons. The summed E-state index contributed by atoms with van der Waals surface area (Å²) in [7, 11) is -3.60. The molecule has 0 atom stereocenters. The van der Waals surface area contributed by atoms with Crippen LogP contribution in [0, 0.1) is 10.1 Å². The van der Waals surface area contributed by atoms with E-state index in [0.717, 1.165) is 35.0 Å². The van der Waals surface area contributed by atoms with Gasteiger partial charge < -0.3 is 9.29 Å². The van der Waals surface area contributed by atoms with E-state index >= 15 is 0 Å². The number of hydrogen-bond donors (Lipinski definition) is 0. The number of nitrogens with zero attached hydrogens (tertiary/aromatic N) is 2. The van der Waals surface area contributed by atoms with Crippen molar-refractivity contribution in [2.45, 2.75) is 13.3 Å². The van der Waals surface area contributed by atoms with Gasteiger partial charge in [0, 0.05) is 29.6 Å². The molecule has 0 unspecified atom stereocenters. The Kier molecular flexibility index (Phi) is 8.62. The van der Waals surface area contributed by atoms with Gasteiger partial charge in [0.25, 0.3) is 5.69 Å². The van der Waals surface area contributed by atoms with E-state index < -0.39 is 15.3 Å². The van der Waals surface area contributed by atoms with Crippen LogP contribution >= 0.6 is 0 Å². The number of nitro groups is 1. The number of ether oxygens (including phenoxy) is 1. The van der Waals surface area contributed by atoms with E-state index in [4.69, 9.17) is 4.74 Å². The van der Waals surface area contributed by atoms with Gasteiger partial charge in [0.1, 0.15) is 5.75 Å². The molecular weight excluding hydrogens is 424 g/mol. The summed E-state index contributed by atoms with van der Waals surface area (Å²) < 4.78 is 36.5. The van der Waals surface area contributed by atoms with Crippen LogP contribution in [0.4, 0.5) is 5.69 Å². The number of aromatic nitrogens is 1. The van der Waals surface area contributed by atoms with E-state index in [2.05, 4.69) is 9.17 Å². The van der Waals surface area contributed by atoms with Gasteiger partial charge in [-0.1, -0.05) is 30.4 Å². The molecule has 10 heteroatoms. The largest absolute Gasteiger partial charge is 0.726 e. The Labute approximate surface area is 180 Å². The van der Waals surface area contributed by atoms with Gasteiger partial charge in [0.15, 0.2) is 0 Å². The highest BCUT2D eigenvalue weighted by molar-refractivity contribution is 7.80. The summed E-state index contributed by atoms with van der Waals surface area (Å²) in [6, 6.07) is 16.4. The van der Waals surface area contributed by atoms with Crippen molar-refractivity contribution in [3.63, 3.8) is 0 Å². The van der Waals surface area contributed by atoms with Crippen molar-refractivity contribution in [3.8, 4) is 5.75 Å². The van der Waals surface area contributed by atoms with E-state index in [0.29, 0.717) is 13.0 Å². The summed E-state index contributed by atoms with van der Waals surface area (Å²) in [5.74, 6) is 0.843. The van der Waals surface area contributed by atoms with Crippen molar-refractivity contribution in [2.24, 2.45) is 0 Å². The monoisotopic (exact) mass is 445 g/mol. The molecule has 0 bridgehead atoms. The predicted molar refractivity (Wildman–Crippen MR) is 115 cm³/mol. The van der Waals surface area contributed by atoms with Gasteiger partial charge in [-0.15, -0.1) is 0 Å². The first kappa shape index (κ1) is 23.9. The molecule has 3 aromatic rings. The van der Waals surface area contributed by atoms with E-state index in [-0.39, 0.29) is 5.69 Å². The highest BCUT2D eigenvalue weighted by Crippen LogP contribution is 2.20. The van der Waals surface area contributed by atoms with Gasteiger partial charge in [-0.2, -0.15) is 0 Å². The maximum Gasteiger partial charge on any atom is 0.270 e. The summed E-state index contributed by atoms with van der Waals surface area (Å²) >= 11 is 0. The van der Waals surface area contributed by atoms with Crippen molar-refractivity contribution < 1.29 is 26.8 Å². The van der Waals surface area contributed by atoms with E-state index in [1.165, 1.54) is 6.07 Å². The number of rotatable bonds is 7. The summed E-state index contributed by atoms with van der Waals surface area (Å²) in [6.07, 6.45) is 4.49. The Morgan fingerprint density at radius 1 is 1.13 bits per heavy atom. The zero-order chi connectivity index (χ0) is 22.9. The number of benzene rings is 2. The zero-order valence-corrected chi connectivity index (χ0v) is 17.7. The number of pyridine rings is 1. The topological polar surface area (TPSA) is 132 Å². The lowest BCUT2D eigenvalue weighted by Gasteiger charge is -2.05. The molecule has 1 heterocycles. The molecule has 0 amide bonds.